The molecule has 4 aliphatic rings. The quantitative estimate of drug-likeness (QED) is 0.108. The maximum atomic E-state index is 13.1. The van der Waals surface area contributed by atoms with Crippen LogP contribution in [0.4, 0.5) is 0 Å². The molecule has 3 N–H and O–H groups in total. The molecule has 3 amide bonds. The Morgan fingerprint density at radius 2 is 1.52 bits per heavy atom. The van der Waals surface area contributed by atoms with Crippen LogP contribution in [-0.2, 0) is 44.1 Å². The van der Waals surface area contributed by atoms with E-state index < -0.39 is 31.6 Å². The molecule has 0 aromatic heterocycles. The van der Waals surface area contributed by atoms with Crippen molar-refractivity contribution in [3.8, 4) is 0 Å². The molecular formula is C34H52N3O8P. The highest BCUT2D eigenvalue weighted by Crippen LogP contribution is 2.60. The summed E-state index contributed by atoms with van der Waals surface area (Å²) in [6.45, 7) is 5.82. The zero-order chi connectivity index (χ0) is 33.2. The average molecular weight is 662 g/mol. The number of amides is 3. The Morgan fingerprint density at radius 3 is 2.11 bits per heavy atom. The largest absolute Gasteiger partial charge is 0.459 e. The second kappa shape index (κ2) is 16.9. The Morgan fingerprint density at radius 1 is 0.913 bits per heavy atom. The van der Waals surface area contributed by atoms with Crippen molar-refractivity contribution in [2.45, 2.75) is 104 Å². The Balaban J connectivity index is 1.20. The predicted molar refractivity (Wildman–Crippen MR) is 174 cm³/mol. The molecule has 4 fully saturated rings. The predicted octanol–water partition coefficient (Wildman–Crippen LogP) is 4.88. The Hall–Kier alpha value is -2.75. The number of rotatable bonds is 19. The van der Waals surface area contributed by atoms with Crippen molar-refractivity contribution >= 4 is 31.3 Å². The molecule has 4 saturated carbocycles. The van der Waals surface area contributed by atoms with Gasteiger partial charge in [0.15, 0.2) is 0 Å². The van der Waals surface area contributed by atoms with Gasteiger partial charge in [-0.3, -0.25) is 18.9 Å². The third kappa shape index (κ3) is 10.1. The van der Waals surface area contributed by atoms with Gasteiger partial charge >= 0.3 is 13.6 Å². The van der Waals surface area contributed by atoms with Gasteiger partial charge in [-0.2, -0.15) is 0 Å². The van der Waals surface area contributed by atoms with Crippen LogP contribution in [0, 0.1) is 23.2 Å². The first-order chi connectivity index (χ1) is 22.0. The summed E-state index contributed by atoms with van der Waals surface area (Å²) >= 11 is 0. The summed E-state index contributed by atoms with van der Waals surface area (Å²) in [6, 6.07) is 7.09. The van der Waals surface area contributed by atoms with Crippen molar-refractivity contribution in [1.82, 2.24) is 16.0 Å². The van der Waals surface area contributed by atoms with Crippen LogP contribution >= 0.6 is 7.60 Å². The summed E-state index contributed by atoms with van der Waals surface area (Å²) in [5, 5.41) is 8.49. The lowest BCUT2D eigenvalue weighted by molar-refractivity contribution is -0.149. The summed E-state index contributed by atoms with van der Waals surface area (Å²) in [7, 11) is -3.47. The lowest BCUT2D eigenvalue weighted by Crippen LogP contribution is -2.53. The second-order valence-electron chi connectivity index (χ2n) is 13.3. The number of nitrogens with one attached hydrogen (secondary N) is 3. The third-order valence-corrected chi connectivity index (χ3v) is 11.7. The van der Waals surface area contributed by atoms with E-state index in [0.717, 1.165) is 24.8 Å². The Labute approximate surface area is 273 Å². The fourth-order valence-corrected chi connectivity index (χ4v) is 9.48. The van der Waals surface area contributed by atoms with Crippen molar-refractivity contribution < 1.29 is 37.5 Å². The van der Waals surface area contributed by atoms with Crippen molar-refractivity contribution in [2.24, 2.45) is 23.2 Å². The van der Waals surface area contributed by atoms with Gasteiger partial charge < -0.3 is 29.7 Å². The maximum absolute atomic E-state index is 13.1. The van der Waals surface area contributed by atoms with Gasteiger partial charge in [0.05, 0.1) is 19.4 Å². The molecule has 0 radical (unpaired) electrons. The van der Waals surface area contributed by atoms with Gasteiger partial charge in [0.1, 0.15) is 18.7 Å². The van der Waals surface area contributed by atoms with E-state index in [2.05, 4.69) is 16.0 Å². The van der Waals surface area contributed by atoms with E-state index in [1.165, 1.54) is 26.2 Å². The smallest absolute Gasteiger partial charge is 0.330 e. The number of carbonyl (C=O) groups excluding carboxylic acids is 4. The van der Waals surface area contributed by atoms with Crippen LogP contribution in [0.15, 0.2) is 30.3 Å². The number of ether oxygens (including phenoxy) is 1. The van der Waals surface area contributed by atoms with Crippen molar-refractivity contribution in [2.75, 3.05) is 25.9 Å². The Bertz CT molecular complexity index is 1200. The van der Waals surface area contributed by atoms with Gasteiger partial charge in [0.2, 0.25) is 17.7 Å². The molecule has 0 saturated heterocycles. The molecule has 4 aliphatic carbocycles. The zero-order valence-corrected chi connectivity index (χ0v) is 28.5. The first-order valence-electron chi connectivity index (χ1n) is 17.0. The van der Waals surface area contributed by atoms with Gasteiger partial charge in [-0.05, 0) is 102 Å². The summed E-state index contributed by atoms with van der Waals surface area (Å²) in [5.74, 6) is 0.768. The molecular weight excluding hydrogens is 609 g/mol. The maximum Gasteiger partial charge on any atom is 0.330 e. The van der Waals surface area contributed by atoms with E-state index >= 15 is 0 Å². The molecule has 11 nitrogen and oxygen atoms in total. The molecule has 0 spiro atoms. The molecule has 1 unspecified atom stereocenters. The van der Waals surface area contributed by atoms with Crippen molar-refractivity contribution in [3.63, 3.8) is 0 Å². The van der Waals surface area contributed by atoms with E-state index in [4.69, 9.17) is 13.8 Å². The molecule has 1 aromatic carbocycles. The number of unbranched alkanes of at least 4 members (excludes halogenated alkanes) is 1. The molecule has 4 bridgehead atoms. The number of esters is 1. The van der Waals surface area contributed by atoms with Crippen LogP contribution in [0.1, 0.15) is 90.5 Å². The van der Waals surface area contributed by atoms with Gasteiger partial charge in [0.25, 0.3) is 0 Å². The summed E-state index contributed by atoms with van der Waals surface area (Å²) < 4.78 is 29.2. The molecule has 0 heterocycles. The highest BCUT2D eigenvalue weighted by atomic mass is 31.2. The minimum Gasteiger partial charge on any atom is -0.459 e. The van der Waals surface area contributed by atoms with Crippen molar-refractivity contribution in [3.05, 3.63) is 35.9 Å². The molecule has 5 rings (SSSR count). The van der Waals surface area contributed by atoms with E-state index in [1.54, 1.807) is 13.8 Å². The molecule has 0 aliphatic heterocycles. The monoisotopic (exact) mass is 661 g/mol. The number of hydrogen-bond donors (Lipinski definition) is 3. The first-order valence-corrected chi connectivity index (χ1v) is 18.7. The van der Waals surface area contributed by atoms with Gasteiger partial charge in [-0.15, -0.1) is 0 Å². The lowest BCUT2D eigenvalue weighted by atomic mass is 9.49. The highest BCUT2D eigenvalue weighted by molar-refractivity contribution is 7.53. The standard InChI is InChI=1S/C34H52N3O8P/c1-4-44-46(42,45-5-2)16-14-29(32(40)43-23-25-11-7-6-8-12-25)37-31(39)24(3)36-30(38)13-9-10-15-35-33(41)34-20-26-17-27(21-34)19-28(18-26)22-34/h6-8,11-12,24,26-29H,4-5,9-10,13-23H2,1-3H3,(H,35,41)(H,36,38)(H,37,39)/t24-,26?,27?,28?,29?,34?/m0/s1. The molecule has 2 atom stereocenters. The molecule has 46 heavy (non-hydrogen) atoms. The minimum atomic E-state index is -3.47. The van der Waals surface area contributed by atoms with Crippen LogP contribution in [-0.4, -0.2) is 61.7 Å². The van der Waals surface area contributed by atoms with Crippen LogP contribution in [0.3, 0.4) is 0 Å². The molecule has 1 aromatic rings. The molecule has 12 heteroatoms. The van der Waals surface area contributed by atoms with Crippen LogP contribution in [0.2, 0.25) is 0 Å². The van der Waals surface area contributed by atoms with Crippen LogP contribution in [0.5, 0.6) is 0 Å². The highest BCUT2D eigenvalue weighted by Gasteiger charge is 2.54. The fourth-order valence-electron chi connectivity index (χ4n) is 7.79. The average Bonchev–Trinajstić information content (AvgIpc) is 3.01. The molecule has 256 valence electrons. The van der Waals surface area contributed by atoms with Gasteiger partial charge in [0, 0.05) is 18.4 Å². The first kappa shape index (κ1) is 36.1. The van der Waals surface area contributed by atoms with Gasteiger partial charge in [-0.25, -0.2) is 4.79 Å². The second-order valence-corrected chi connectivity index (χ2v) is 15.5. The summed E-state index contributed by atoms with van der Waals surface area (Å²) in [6.07, 6.45) is 8.27. The zero-order valence-electron chi connectivity index (χ0n) is 27.6. The topological polar surface area (TPSA) is 149 Å². The number of carbonyl (C=O) groups is 4. The van der Waals surface area contributed by atoms with Crippen molar-refractivity contribution in [1.29, 1.82) is 0 Å². The lowest BCUT2D eigenvalue weighted by Gasteiger charge is -2.55. The minimum absolute atomic E-state index is 0.00983. The summed E-state index contributed by atoms with van der Waals surface area (Å²) in [4.78, 5) is 51.8. The van der Waals surface area contributed by atoms with E-state index in [0.29, 0.717) is 37.1 Å². The SMILES string of the molecule is CCOP(=O)(CCC(NC(=O)[C@H](C)NC(=O)CCCCNC(=O)C12CC3CC(CC(C3)C1)C2)C(=O)OCc1ccccc1)OCC. The van der Waals surface area contributed by atoms with E-state index in [-0.39, 0.29) is 56.1 Å². The normalized spacial score (nSPS) is 24.5. The van der Waals surface area contributed by atoms with Gasteiger partial charge in [-0.1, -0.05) is 30.3 Å². The fraction of sp³-hybridized carbons (Fsp3) is 0.706. The van der Waals surface area contributed by atoms with Crippen LogP contribution in [0.25, 0.3) is 0 Å². The van der Waals surface area contributed by atoms with E-state index in [1.807, 2.05) is 30.3 Å². The number of hydrogen-bond acceptors (Lipinski definition) is 8. The third-order valence-electron chi connectivity index (χ3n) is 9.58. The van der Waals surface area contributed by atoms with Crippen LogP contribution < -0.4 is 16.0 Å². The summed E-state index contributed by atoms with van der Waals surface area (Å²) in [5.41, 5.74) is 0.604. The Kier molecular flexibility index (Phi) is 13.2. The number of benzene rings is 1. The van der Waals surface area contributed by atoms with E-state index in [9.17, 15) is 23.7 Å².